The van der Waals surface area contributed by atoms with Crippen molar-refractivity contribution in [3.05, 3.63) is 23.9 Å². The molecule has 8 heteroatoms. The van der Waals surface area contributed by atoms with Crippen LogP contribution in [0, 0.1) is 0 Å². The van der Waals surface area contributed by atoms with E-state index in [2.05, 4.69) is 31.0 Å². The Bertz CT molecular complexity index is 533. The molecule has 0 fully saturated rings. The summed E-state index contributed by atoms with van der Waals surface area (Å²) in [7, 11) is 1.62. The lowest BCUT2D eigenvalue weighted by molar-refractivity contribution is 0.102. The third kappa shape index (κ3) is 2.78. The lowest BCUT2D eigenvalue weighted by Crippen LogP contribution is -2.13. The molecule has 94 valence electrons. The largest absolute Gasteiger partial charge is 0.370 e. The molecule has 18 heavy (non-hydrogen) atoms. The van der Waals surface area contributed by atoms with Gasteiger partial charge in [-0.1, -0.05) is 5.10 Å². The van der Waals surface area contributed by atoms with Gasteiger partial charge in [0.05, 0.1) is 12.6 Å². The Kier molecular flexibility index (Phi) is 3.46. The van der Waals surface area contributed by atoms with Crippen LogP contribution in [0.5, 0.6) is 0 Å². The number of nitrogens with one attached hydrogen (secondary N) is 2. The fourth-order valence-electron chi connectivity index (χ4n) is 1.32. The van der Waals surface area contributed by atoms with Crippen molar-refractivity contribution in [2.24, 2.45) is 7.05 Å². The van der Waals surface area contributed by atoms with Crippen LogP contribution in [0.1, 0.15) is 17.3 Å². The van der Waals surface area contributed by atoms with Gasteiger partial charge in [-0.2, -0.15) is 4.80 Å². The van der Waals surface area contributed by atoms with Gasteiger partial charge in [-0.15, -0.1) is 5.10 Å². The molecule has 1 amide bonds. The maximum absolute atomic E-state index is 11.8. The Hall–Kier alpha value is -2.51. The summed E-state index contributed by atoms with van der Waals surface area (Å²) in [5.41, 5.74) is 0.434. The molecule has 0 saturated carbocycles. The zero-order valence-corrected chi connectivity index (χ0v) is 10.1. The van der Waals surface area contributed by atoms with Crippen molar-refractivity contribution in [1.82, 2.24) is 25.2 Å². The van der Waals surface area contributed by atoms with E-state index in [4.69, 9.17) is 0 Å². The third-order valence-electron chi connectivity index (χ3n) is 2.12. The minimum absolute atomic E-state index is 0.165. The summed E-state index contributed by atoms with van der Waals surface area (Å²) in [6.07, 6.45) is 1.49. The van der Waals surface area contributed by atoms with E-state index >= 15 is 0 Å². The Balaban J connectivity index is 2.04. The molecule has 0 unspecified atom stereocenters. The summed E-state index contributed by atoms with van der Waals surface area (Å²) in [5.74, 6) is 0.573. The monoisotopic (exact) mass is 247 g/mol. The van der Waals surface area contributed by atoms with E-state index in [9.17, 15) is 4.79 Å². The van der Waals surface area contributed by atoms with Gasteiger partial charge in [-0.25, -0.2) is 4.98 Å². The molecule has 2 aromatic rings. The summed E-state index contributed by atoms with van der Waals surface area (Å²) < 4.78 is 0. The Labute approximate surface area is 103 Å². The molecule has 0 atom stereocenters. The number of pyridine rings is 1. The fraction of sp³-hybridized carbons (Fsp3) is 0.300. The van der Waals surface area contributed by atoms with Gasteiger partial charge in [0.25, 0.3) is 11.9 Å². The van der Waals surface area contributed by atoms with E-state index in [1.807, 2.05) is 6.92 Å². The normalized spacial score (nSPS) is 10.1. The van der Waals surface area contributed by atoms with Crippen molar-refractivity contribution in [2.75, 3.05) is 17.2 Å². The summed E-state index contributed by atoms with van der Waals surface area (Å²) in [4.78, 5) is 17.2. The SMILES string of the molecule is CCNc1ccc(C(=O)Nc2nnn(C)n2)cn1. The Morgan fingerprint density at radius 2 is 2.28 bits per heavy atom. The molecule has 0 bridgehead atoms. The number of hydrogen-bond acceptors (Lipinski definition) is 6. The average Bonchev–Trinajstić information content (AvgIpc) is 2.76. The average molecular weight is 247 g/mol. The molecular weight excluding hydrogens is 234 g/mol. The van der Waals surface area contributed by atoms with E-state index in [0.29, 0.717) is 5.56 Å². The van der Waals surface area contributed by atoms with E-state index in [0.717, 1.165) is 12.4 Å². The number of carbonyl (C=O) groups is 1. The van der Waals surface area contributed by atoms with Crippen LogP contribution >= 0.6 is 0 Å². The van der Waals surface area contributed by atoms with E-state index in [1.54, 1.807) is 19.2 Å². The number of rotatable bonds is 4. The molecule has 0 saturated heterocycles. The first-order chi connectivity index (χ1) is 8.69. The fourth-order valence-corrected chi connectivity index (χ4v) is 1.32. The van der Waals surface area contributed by atoms with E-state index < -0.39 is 0 Å². The molecule has 2 aromatic heterocycles. The van der Waals surface area contributed by atoms with Crippen molar-refractivity contribution >= 4 is 17.7 Å². The second-order valence-electron chi connectivity index (χ2n) is 3.52. The maximum Gasteiger partial charge on any atom is 0.270 e. The predicted octanol–water partition coefficient (Wildman–Crippen LogP) is 0.289. The molecule has 0 radical (unpaired) electrons. The highest BCUT2D eigenvalue weighted by Gasteiger charge is 2.09. The molecule has 8 nitrogen and oxygen atoms in total. The zero-order chi connectivity index (χ0) is 13.0. The van der Waals surface area contributed by atoms with Crippen molar-refractivity contribution in [2.45, 2.75) is 6.92 Å². The first-order valence-electron chi connectivity index (χ1n) is 5.44. The minimum Gasteiger partial charge on any atom is -0.370 e. The van der Waals surface area contributed by atoms with Crippen molar-refractivity contribution in [3.8, 4) is 0 Å². The summed E-state index contributed by atoms with van der Waals surface area (Å²) in [6.45, 7) is 2.75. The van der Waals surface area contributed by atoms with E-state index in [1.165, 1.54) is 11.0 Å². The highest BCUT2D eigenvalue weighted by Crippen LogP contribution is 2.06. The van der Waals surface area contributed by atoms with Gasteiger partial charge in [0.2, 0.25) is 0 Å². The van der Waals surface area contributed by atoms with Crippen LogP contribution in [-0.2, 0) is 7.05 Å². The van der Waals surface area contributed by atoms with Crippen molar-refractivity contribution < 1.29 is 4.79 Å². The quantitative estimate of drug-likeness (QED) is 0.805. The number of aromatic nitrogens is 5. The molecule has 0 aliphatic carbocycles. The standard InChI is InChI=1S/C10H13N7O/c1-3-11-8-5-4-7(6-12-8)9(18)13-10-14-16-17(2)15-10/h4-6H,3H2,1-2H3,(H,11,12)(H,13,15,18). The zero-order valence-electron chi connectivity index (χ0n) is 10.1. The van der Waals surface area contributed by atoms with Crippen LogP contribution in [0.25, 0.3) is 0 Å². The Morgan fingerprint density at radius 3 is 2.83 bits per heavy atom. The molecule has 2 N–H and O–H groups in total. The molecular formula is C10H13N7O. The number of carbonyl (C=O) groups excluding carboxylic acids is 1. The highest BCUT2D eigenvalue weighted by molar-refractivity contribution is 6.03. The predicted molar refractivity (Wildman–Crippen MR) is 65.2 cm³/mol. The molecule has 0 spiro atoms. The van der Waals surface area contributed by atoms with Gasteiger partial charge >= 0.3 is 0 Å². The van der Waals surface area contributed by atoms with Gasteiger partial charge < -0.3 is 5.32 Å². The van der Waals surface area contributed by atoms with Crippen molar-refractivity contribution in [1.29, 1.82) is 0 Å². The van der Waals surface area contributed by atoms with Gasteiger partial charge in [0.15, 0.2) is 0 Å². The molecule has 2 heterocycles. The number of hydrogen-bond donors (Lipinski definition) is 2. The Morgan fingerprint density at radius 1 is 1.44 bits per heavy atom. The number of aryl methyl sites for hydroxylation is 1. The van der Waals surface area contributed by atoms with Crippen LogP contribution in [0.15, 0.2) is 18.3 Å². The van der Waals surface area contributed by atoms with Gasteiger partial charge in [0.1, 0.15) is 5.82 Å². The van der Waals surface area contributed by atoms with Crippen LogP contribution in [-0.4, -0.2) is 37.6 Å². The molecule has 0 aliphatic rings. The van der Waals surface area contributed by atoms with Gasteiger partial charge in [-0.3, -0.25) is 10.1 Å². The number of amides is 1. The van der Waals surface area contributed by atoms with Gasteiger partial charge in [0, 0.05) is 12.7 Å². The van der Waals surface area contributed by atoms with E-state index in [-0.39, 0.29) is 11.9 Å². The summed E-state index contributed by atoms with van der Waals surface area (Å²) in [6, 6.07) is 3.42. The number of anilines is 2. The molecule has 0 aliphatic heterocycles. The first-order valence-corrected chi connectivity index (χ1v) is 5.44. The molecule has 2 rings (SSSR count). The summed E-state index contributed by atoms with van der Waals surface area (Å²) >= 11 is 0. The number of nitrogens with zero attached hydrogens (tertiary/aromatic N) is 5. The number of tetrazole rings is 1. The van der Waals surface area contributed by atoms with Crippen LogP contribution in [0.2, 0.25) is 0 Å². The second kappa shape index (κ2) is 5.21. The first kappa shape index (κ1) is 12.0. The highest BCUT2D eigenvalue weighted by atomic mass is 16.1. The lowest BCUT2D eigenvalue weighted by atomic mass is 10.2. The lowest BCUT2D eigenvalue weighted by Gasteiger charge is -2.03. The smallest absolute Gasteiger partial charge is 0.270 e. The van der Waals surface area contributed by atoms with Crippen LogP contribution < -0.4 is 10.6 Å². The topological polar surface area (TPSA) is 97.6 Å². The van der Waals surface area contributed by atoms with Crippen LogP contribution in [0.3, 0.4) is 0 Å². The third-order valence-corrected chi connectivity index (χ3v) is 2.12. The van der Waals surface area contributed by atoms with Gasteiger partial charge in [-0.05, 0) is 24.3 Å². The summed E-state index contributed by atoms with van der Waals surface area (Å²) in [5, 5.41) is 16.7. The molecule has 0 aromatic carbocycles. The maximum atomic E-state index is 11.8. The second-order valence-corrected chi connectivity index (χ2v) is 3.52. The van der Waals surface area contributed by atoms with Crippen molar-refractivity contribution in [3.63, 3.8) is 0 Å². The van der Waals surface area contributed by atoms with Crippen LogP contribution in [0.4, 0.5) is 11.8 Å². The minimum atomic E-state index is -0.321.